The van der Waals surface area contributed by atoms with Gasteiger partial charge in [-0.25, -0.2) is 0 Å². The zero-order chi connectivity index (χ0) is 16.2. The molecular weight excluding hydrogens is 312 g/mol. The molecule has 122 valence electrons. The fourth-order valence-electron chi connectivity index (χ4n) is 2.95. The molecule has 3 rings (SSSR count). The van der Waals surface area contributed by atoms with Gasteiger partial charge < -0.3 is 10.4 Å². The molecule has 2 aromatic rings. The highest BCUT2D eigenvalue weighted by molar-refractivity contribution is 7.12. The number of carbonyl (C=O) groups is 1. The topological polar surface area (TPSA) is 78.4 Å². The predicted octanol–water partition coefficient (Wildman–Crippen LogP) is 2.55. The molecule has 0 amide bonds. The molecule has 0 atom stereocenters. The average Bonchev–Trinajstić information content (AvgIpc) is 3.03. The van der Waals surface area contributed by atoms with Crippen LogP contribution in [0, 0.1) is 0 Å². The molecule has 2 N–H and O–H groups in total. The molecule has 1 aromatic carbocycles. The molecular formula is C16H20N4O2S. The Balaban J connectivity index is 1.56. The second-order valence-electron chi connectivity index (χ2n) is 5.75. The fraction of sp³-hybridized carbons (Fsp3) is 0.438. The Kier molecular flexibility index (Phi) is 4.88. The number of hydrogen-bond donors (Lipinski definition) is 2. The summed E-state index contributed by atoms with van der Waals surface area (Å²) in [5.74, 6) is -0.756. The van der Waals surface area contributed by atoms with Crippen LogP contribution in [0.15, 0.2) is 29.8 Å². The van der Waals surface area contributed by atoms with E-state index in [0.717, 1.165) is 35.6 Å². The number of hydrogen-bond acceptors (Lipinski definition) is 6. The molecule has 0 bridgehead atoms. The summed E-state index contributed by atoms with van der Waals surface area (Å²) >= 11 is 1.52. The van der Waals surface area contributed by atoms with Crippen LogP contribution in [0.4, 0.5) is 5.69 Å². The second kappa shape index (κ2) is 7.06. The van der Waals surface area contributed by atoms with Gasteiger partial charge in [-0.05, 0) is 31.5 Å². The van der Waals surface area contributed by atoms with Crippen molar-refractivity contribution in [1.82, 2.24) is 15.1 Å². The van der Waals surface area contributed by atoms with Gasteiger partial charge in [-0.15, -0.1) is 10.2 Å². The predicted molar refractivity (Wildman–Crippen MR) is 90.7 cm³/mol. The van der Waals surface area contributed by atoms with E-state index in [4.69, 9.17) is 5.11 Å². The van der Waals surface area contributed by atoms with Crippen LogP contribution >= 0.6 is 11.3 Å². The third kappa shape index (κ3) is 3.86. The molecule has 1 aliphatic rings. The Morgan fingerprint density at radius 1 is 1.48 bits per heavy atom. The van der Waals surface area contributed by atoms with Crippen LogP contribution in [-0.4, -0.2) is 51.3 Å². The van der Waals surface area contributed by atoms with Crippen molar-refractivity contribution < 1.29 is 9.90 Å². The minimum Gasteiger partial charge on any atom is -0.480 e. The molecule has 0 aliphatic heterocycles. The highest BCUT2D eigenvalue weighted by Gasteiger charge is 2.33. The molecule has 0 radical (unpaired) electrons. The third-order valence-electron chi connectivity index (χ3n) is 4.21. The second-order valence-corrected chi connectivity index (χ2v) is 6.58. The fourth-order valence-corrected chi connectivity index (χ4v) is 3.50. The number of likely N-dealkylation sites (N-methyl/N-ethyl adjacent to an activating group) is 1. The van der Waals surface area contributed by atoms with Gasteiger partial charge in [0.25, 0.3) is 0 Å². The number of nitrogens with zero attached hydrogens (tertiary/aromatic N) is 3. The molecule has 1 saturated carbocycles. The summed E-state index contributed by atoms with van der Waals surface area (Å²) in [6.45, 7) is 2.91. The van der Waals surface area contributed by atoms with E-state index in [1.807, 2.05) is 30.0 Å². The number of benzene rings is 1. The van der Waals surface area contributed by atoms with Crippen LogP contribution in [0.2, 0.25) is 0 Å². The lowest BCUT2D eigenvalue weighted by molar-refractivity contribution is -0.139. The van der Waals surface area contributed by atoms with Crippen molar-refractivity contribution in [2.24, 2.45) is 0 Å². The molecule has 1 aliphatic carbocycles. The van der Waals surface area contributed by atoms with Crippen LogP contribution in [0.1, 0.15) is 19.8 Å². The first-order valence-corrected chi connectivity index (χ1v) is 8.62. The van der Waals surface area contributed by atoms with Crippen LogP contribution < -0.4 is 5.32 Å². The molecule has 23 heavy (non-hydrogen) atoms. The van der Waals surface area contributed by atoms with Gasteiger partial charge in [-0.3, -0.25) is 9.69 Å². The minimum atomic E-state index is -0.756. The zero-order valence-electron chi connectivity index (χ0n) is 13.0. The van der Waals surface area contributed by atoms with Gasteiger partial charge in [-0.2, -0.15) is 0 Å². The summed E-state index contributed by atoms with van der Waals surface area (Å²) in [4.78, 5) is 12.9. The van der Waals surface area contributed by atoms with Crippen molar-refractivity contribution in [1.29, 1.82) is 0 Å². The Labute approximate surface area is 139 Å². The van der Waals surface area contributed by atoms with E-state index in [9.17, 15) is 4.79 Å². The molecule has 1 aromatic heterocycles. The van der Waals surface area contributed by atoms with Gasteiger partial charge in [0.2, 0.25) is 0 Å². The largest absolute Gasteiger partial charge is 0.480 e. The van der Waals surface area contributed by atoms with Crippen LogP contribution in [0.5, 0.6) is 0 Å². The average molecular weight is 332 g/mol. The molecule has 7 heteroatoms. The molecule has 0 unspecified atom stereocenters. The first-order valence-electron chi connectivity index (χ1n) is 7.74. The van der Waals surface area contributed by atoms with E-state index in [0.29, 0.717) is 12.1 Å². The number of carboxylic acid groups (broad SMARTS) is 1. The summed E-state index contributed by atoms with van der Waals surface area (Å²) in [6.07, 6.45) is 1.95. The SMILES string of the molecule is CCN(CC(=O)O)C1CC(Nc2cccc(-c3nncs3)c2)C1. The Hall–Kier alpha value is -1.99. The summed E-state index contributed by atoms with van der Waals surface area (Å²) in [7, 11) is 0. The number of nitrogens with one attached hydrogen (secondary N) is 1. The van der Waals surface area contributed by atoms with Gasteiger partial charge in [0.1, 0.15) is 10.5 Å². The van der Waals surface area contributed by atoms with Crippen LogP contribution in [0.25, 0.3) is 10.6 Å². The number of rotatable bonds is 7. The van der Waals surface area contributed by atoms with E-state index in [1.165, 1.54) is 11.3 Å². The first kappa shape index (κ1) is 15.9. The van der Waals surface area contributed by atoms with Crippen molar-refractivity contribution in [3.05, 3.63) is 29.8 Å². The molecule has 0 spiro atoms. The highest BCUT2D eigenvalue weighted by atomic mass is 32.1. The maximum absolute atomic E-state index is 10.9. The molecule has 6 nitrogen and oxygen atoms in total. The van der Waals surface area contributed by atoms with Crippen molar-refractivity contribution in [2.45, 2.75) is 31.8 Å². The van der Waals surface area contributed by atoms with Gasteiger partial charge >= 0.3 is 5.97 Å². The number of aromatic nitrogens is 2. The summed E-state index contributed by atoms with van der Waals surface area (Å²) in [5.41, 5.74) is 3.87. The lowest BCUT2D eigenvalue weighted by Gasteiger charge is -2.42. The molecule has 1 heterocycles. The maximum Gasteiger partial charge on any atom is 0.317 e. The van der Waals surface area contributed by atoms with Gasteiger partial charge in [-0.1, -0.05) is 30.4 Å². The Bertz CT molecular complexity index is 656. The maximum atomic E-state index is 10.9. The quantitative estimate of drug-likeness (QED) is 0.811. The normalized spacial score (nSPS) is 20.3. The molecule has 1 fully saturated rings. The Morgan fingerprint density at radius 3 is 2.96 bits per heavy atom. The summed E-state index contributed by atoms with van der Waals surface area (Å²) in [5, 5.41) is 21.3. The van der Waals surface area contributed by atoms with Crippen molar-refractivity contribution in [3.8, 4) is 10.6 Å². The lowest BCUT2D eigenvalue weighted by atomic mass is 9.85. The Morgan fingerprint density at radius 2 is 2.30 bits per heavy atom. The van der Waals surface area contributed by atoms with Gasteiger partial charge in [0.15, 0.2) is 0 Å². The van der Waals surface area contributed by atoms with E-state index >= 15 is 0 Å². The van der Waals surface area contributed by atoms with E-state index in [2.05, 4.69) is 21.6 Å². The number of aliphatic carboxylic acids is 1. The van der Waals surface area contributed by atoms with Crippen LogP contribution in [-0.2, 0) is 4.79 Å². The number of anilines is 1. The highest BCUT2D eigenvalue weighted by Crippen LogP contribution is 2.30. The lowest BCUT2D eigenvalue weighted by Crippen LogP contribution is -2.51. The first-order chi connectivity index (χ1) is 11.2. The summed E-state index contributed by atoms with van der Waals surface area (Å²) < 4.78 is 0. The van der Waals surface area contributed by atoms with Crippen LogP contribution in [0.3, 0.4) is 0 Å². The van der Waals surface area contributed by atoms with E-state index in [-0.39, 0.29) is 6.54 Å². The zero-order valence-corrected chi connectivity index (χ0v) is 13.8. The van der Waals surface area contributed by atoms with E-state index in [1.54, 1.807) is 5.51 Å². The smallest absolute Gasteiger partial charge is 0.317 e. The van der Waals surface area contributed by atoms with Gasteiger partial charge in [0, 0.05) is 23.3 Å². The van der Waals surface area contributed by atoms with Crippen molar-refractivity contribution in [2.75, 3.05) is 18.4 Å². The molecule has 0 saturated heterocycles. The summed E-state index contributed by atoms with van der Waals surface area (Å²) in [6, 6.07) is 8.93. The minimum absolute atomic E-state index is 0.125. The monoisotopic (exact) mass is 332 g/mol. The van der Waals surface area contributed by atoms with Crippen molar-refractivity contribution >= 4 is 23.0 Å². The van der Waals surface area contributed by atoms with Crippen molar-refractivity contribution in [3.63, 3.8) is 0 Å². The van der Waals surface area contributed by atoms with E-state index < -0.39 is 5.97 Å². The standard InChI is InChI=1S/C16H20N4O2S/c1-2-20(9-15(21)22)14-7-13(8-14)18-12-5-3-4-11(6-12)16-19-17-10-23-16/h3-6,10,13-14,18H,2,7-9H2,1H3,(H,21,22). The van der Waals surface area contributed by atoms with Gasteiger partial charge in [0.05, 0.1) is 6.54 Å². The third-order valence-corrected chi connectivity index (χ3v) is 4.95. The number of carboxylic acids is 1.